The molecule has 0 saturated carbocycles. The summed E-state index contributed by atoms with van der Waals surface area (Å²) in [6.45, 7) is 0.673. The van der Waals surface area contributed by atoms with Crippen molar-refractivity contribution >= 4 is 11.9 Å². The Balaban J connectivity index is 1.68. The molecule has 1 aliphatic rings. The van der Waals surface area contributed by atoms with E-state index in [1.165, 1.54) is 12.1 Å². The Morgan fingerprint density at radius 2 is 1.95 bits per heavy atom. The number of benzene rings is 1. The van der Waals surface area contributed by atoms with Crippen LogP contribution in [0.2, 0.25) is 0 Å². The van der Waals surface area contributed by atoms with Gasteiger partial charge in [0.25, 0.3) is 5.91 Å². The van der Waals surface area contributed by atoms with Crippen molar-refractivity contribution in [3.63, 3.8) is 0 Å². The van der Waals surface area contributed by atoms with E-state index in [-0.39, 0.29) is 18.4 Å². The first-order valence-corrected chi connectivity index (χ1v) is 6.47. The Labute approximate surface area is 123 Å². The summed E-state index contributed by atoms with van der Waals surface area (Å²) < 4.78 is 37.4. The number of anilines is 1. The molecule has 22 heavy (non-hydrogen) atoms. The third-order valence-corrected chi connectivity index (χ3v) is 3.25. The quantitative estimate of drug-likeness (QED) is 0.913. The highest BCUT2D eigenvalue weighted by Crippen LogP contribution is 2.29. The summed E-state index contributed by atoms with van der Waals surface area (Å²) in [6.07, 6.45) is -2.79. The molecule has 1 aliphatic heterocycles. The monoisotopic (exact) mass is 308 g/mol. The molecular formula is C14H11F3N4O. The Morgan fingerprint density at radius 3 is 2.64 bits per heavy atom. The Bertz CT molecular complexity index is 713. The molecule has 1 amide bonds. The van der Waals surface area contributed by atoms with E-state index in [4.69, 9.17) is 0 Å². The molecule has 0 fully saturated rings. The summed E-state index contributed by atoms with van der Waals surface area (Å²) in [5.41, 5.74) is 1.01. The fourth-order valence-electron chi connectivity index (χ4n) is 2.07. The Hall–Kier alpha value is -2.64. The first-order chi connectivity index (χ1) is 10.4. The molecule has 0 radical (unpaired) electrons. The van der Waals surface area contributed by atoms with Crippen molar-refractivity contribution in [3.05, 3.63) is 52.8 Å². The molecule has 0 spiro atoms. The number of hydrogen-bond acceptors (Lipinski definition) is 4. The number of nitrogens with one attached hydrogen (secondary N) is 2. The number of hydrogen-bond donors (Lipinski definition) is 2. The molecule has 0 bridgehead atoms. The van der Waals surface area contributed by atoms with Gasteiger partial charge in [0, 0.05) is 24.8 Å². The summed E-state index contributed by atoms with van der Waals surface area (Å²) in [5, 5.41) is 5.52. The predicted molar refractivity (Wildman–Crippen MR) is 72.0 cm³/mol. The molecule has 1 aromatic heterocycles. The van der Waals surface area contributed by atoms with Crippen LogP contribution < -0.4 is 10.6 Å². The van der Waals surface area contributed by atoms with Crippen LogP contribution in [0.25, 0.3) is 0 Å². The van der Waals surface area contributed by atoms with Gasteiger partial charge in [-0.15, -0.1) is 0 Å². The minimum Gasteiger partial charge on any atom is -0.350 e. The van der Waals surface area contributed by atoms with Gasteiger partial charge < -0.3 is 10.6 Å². The average Bonchev–Trinajstić information content (AvgIpc) is 2.86. The summed E-state index contributed by atoms with van der Waals surface area (Å²) in [4.78, 5) is 19.6. The fraction of sp³-hybridized carbons (Fsp3) is 0.214. The fourth-order valence-corrected chi connectivity index (χ4v) is 2.07. The van der Waals surface area contributed by atoms with E-state index in [2.05, 4.69) is 20.6 Å². The van der Waals surface area contributed by atoms with Gasteiger partial charge in [-0.1, -0.05) is 12.1 Å². The van der Waals surface area contributed by atoms with Crippen molar-refractivity contribution in [3.8, 4) is 0 Å². The van der Waals surface area contributed by atoms with Gasteiger partial charge in [0.15, 0.2) is 0 Å². The number of alkyl halides is 3. The maximum absolute atomic E-state index is 12.5. The molecule has 114 valence electrons. The second kappa shape index (κ2) is 5.28. The zero-order valence-electron chi connectivity index (χ0n) is 11.2. The zero-order chi connectivity index (χ0) is 15.7. The normalized spacial score (nSPS) is 13.7. The lowest BCUT2D eigenvalue weighted by molar-refractivity contribution is -0.137. The SMILES string of the molecule is O=C1NCc2cnc(NCc3ccc(C(F)(F)F)cc3)nc21. The first kappa shape index (κ1) is 14.3. The number of nitrogens with zero attached hydrogens (tertiary/aromatic N) is 2. The smallest absolute Gasteiger partial charge is 0.350 e. The molecule has 8 heteroatoms. The van der Waals surface area contributed by atoms with Gasteiger partial charge in [0.1, 0.15) is 5.69 Å². The summed E-state index contributed by atoms with van der Waals surface area (Å²) in [5.74, 6) is 0.00526. The summed E-state index contributed by atoms with van der Waals surface area (Å²) >= 11 is 0. The van der Waals surface area contributed by atoms with E-state index < -0.39 is 11.7 Å². The van der Waals surface area contributed by atoms with Gasteiger partial charge >= 0.3 is 6.18 Å². The number of halogens is 3. The summed E-state index contributed by atoms with van der Waals surface area (Å²) in [6, 6.07) is 4.81. The highest BCUT2D eigenvalue weighted by Gasteiger charge is 2.29. The number of rotatable bonds is 3. The topological polar surface area (TPSA) is 66.9 Å². The van der Waals surface area contributed by atoms with Crippen LogP contribution in [0.4, 0.5) is 19.1 Å². The van der Waals surface area contributed by atoms with Crippen molar-refractivity contribution in [1.29, 1.82) is 0 Å². The average molecular weight is 308 g/mol. The standard InChI is InChI=1S/C14H11F3N4O/c15-14(16,17)10-3-1-8(2-4-10)5-19-13-20-7-9-6-18-12(22)11(9)21-13/h1-4,7H,5-6H2,(H,18,22)(H,19,20,21). The van der Waals surface area contributed by atoms with Crippen molar-refractivity contribution in [2.45, 2.75) is 19.3 Å². The number of carbonyl (C=O) groups is 1. The van der Waals surface area contributed by atoms with E-state index >= 15 is 0 Å². The minimum absolute atomic E-state index is 0.255. The number of amides is 1. The molecule has 0 atom stereocenters. The van der Waals surface area contributed by atoms with Crippen molar-refractivity contribution in [2.75, 3.05) is 5.32 Å². The van der Waals surface area contributed by atoms with Gasteiger partial charge in [-0.2, -0.15) is 13.2 Å². The highest BCUT2D eigenvalue weighted by molar-refractivity contribution is 5.96. The molecular weight excluding hydrogens is 297 g/mol. The molecule has 0 unspecified atom stereocenters. The molecule has 1 aromatic carbocycles. The second-order valence-electron chi connectivity index (χ2n) is 4.80. The van der Waals surface area contributed by atoms with Crippen molar-refractivity contribution in [1.82, 2.24) is 15.3 Å². The maximum Gasteiger partial charge on any atom is 0.416 e. The number of carbonyl (C=O) groups excluding carboxylic acids is 1. The van der Waals surface area contributed by atoms with Crippen molar-refractivity contribution < 1.29 is 18.0 Å². The zero-order valence-corrected chi connectivity index (χ0v) is 11.2. The molecule has 3 rings (SSSR count). The summed E-state index contributed by atoms with van der Waals surface area (Å²) in [7, 11) is 0. The molecule has 5 nitrogen and oxygen atoms in total. The Morgan fingerprint density at radius 1 is 1.23 bits per heavy atom. The van der Waals surface area contributed by atoms with E-state index in [1.807, 2.05) is 0 Å². The van der Waals surface area contributed by atoms with Crippen molar-refractivity contribution in [2.24, 2.45) is 0 Å². The van der Waals surface area contributed by atoms with Gasteiger partial charge in [-0.25, -0.2) is 9.97 Å². The van der Waals surface area contributed by atoms with Crippen LogP contribution in [0.15, 0.2) is 30.5 Å². The van der Waals surface area contributed by atoms with Gasteiger partial charge in [-0.05, 0) is 17.7 Å². The van der Waals surface area contributed by atoms with Crippen LogP contribution in [0, 0.1) is 0 Å². The molecule has 2 N–H and O–H groups in total. The largest absolute Gasteiger partial charge is 0.416 e. The van der Waals surface area contributed by atoms with E-state index in [9.17, 15) is 18.0 Å². The maximum atomic E-state index is 12.5. The highest BCUT2D eigenvalue weighted by atomic mass is 19.4. The van der Waals surface area contributed by atoms with E-state index in [1.54, 1.807) is 6.20 Å². The van der Waals surface area contributed by atoms with Crippen LogP contribution in [0.3, 0.4) is 0 Å². The first-order valence-electron chi connectivity index (χ1n) is 6.47. The van der Waals surface area contributed by atoms with Crippen LogP contribution in [0.1, 0.15) is 27.2 Å². The minimum atomic E-state index is -4.34. The third kappa shape index (κ3) is 2.85. The van der Waals surface area contributed by atoms with Crippen LogP contribution in [-0.2, 0) is 19.3 Å². The van der Waals surface area contributed by atoms with Gasteiger partial charge in [0.05, 0.1) is 5.56 Å². The lowest BCUT2D eigenvalue weighted by Crippen LogP contribution is -2.14. The van der Waals surface area contributed by atoms with Gasteiger partial charge in [0.2, 0.25) is 5.95 Å². The number of fused-ring (bicyclic) bond motifs is 1. The van der Waals surface area contributed by atoms with E-state index in [0.29, 0.717) is 17.8 Å². The molecule has 0 aliphatic carbocycles. The molecule has 2 heterocycles. The predicted octanol–water partition coefficient (Wildman–Crippen LogP) is 2.35. The Kier molecular flexibility index (Phi) is 3.44. The second-order valence-corrected chi connectivity index (χ2v) is 4.80. The lowest BCUT2D eigenvalue weighted by Gasteiger charge is -2.08. The van der Waals surface area contributed by atoms with Crippen LogP contribution in [-0.4, -0.2) is 15.9 Å². The van der Waals surface area contributed by atoms with Crippen LogP contribution in [0.5, 0.6) is 0 Å². The third-order valence-electron chi connectivity index (χ3n) is 3.25. The lowest BCUT2D eigenvalue weighted by atomic mass is 10.1. The van der Waals surface area contributed by atoms with Crippen LogP contribution >= 0.6 is 0 Å². The van der Waals surface area contributed by atoms with E-state index in [0.717, 1.165) is 17.7 Å². The van der Waals surface area contributed by atoms with Gasteiger partial charge in [-0.3, -0.25) is 4.79 Å². The molecule has 2 aromatic rings. The number of aromatic nitrogens is 2. The molecule has 0 saturated heterocycles.